The highest BCUT2D eigenvalue weighted by Gasteiger charge is 2.19. The van der Waals surface area contributed by atoms with Crippen molar-refractivity contribution in [3.8, 4) is 0 Å². The van der Waals surface area contributed by atoms with Gasteiger partial charge in [0.15, 0.2) is 0 Å². The van der Waals surface area contributed by atoms with E-state index in [4.69, 9.17) is 5.11 Å². The molecule has 16 heavy (non-hydrogen) atoms. The molecule has 1 rings (SSSR count). The summed E-state index contributed by atoms with van der Waals surface area (Å²) in [4.78, 5) is 14.3. The van der Waals surface area contributed by atoms with E-state index in [0.717, 1.165) is 6.20 Å². The lowest BCUT2D eigenvalue weighted by molar-refractivity contribution is 0.0176. The second-order valence-corrected chi connectivity index (χ2v) is 3.35. The van der Waals surface area contributed by atoms with Gasteiger partial charge >= 0.3 is 5.97 Å². The summed E-state index contributed by atoms with van der Waals surface area (Å²) < 4.78 is 0. The van der Waals surface area contributed by atoms with E-state index in [1.54, 1.807) is 7.05 Å². The Kier molecular flexibility index (Phi) is 4.36. The molecule has 0 aliphatic rings. The number of nitrogens with one attached hydrogen (secondary N) is 1. The highest BCUT2D eigenvalue weighted by atomic mass is 16.4. The van der Waals surface area contributed by atoms with Crippen LogP contribution in [0.4, 0.5) is 0 Å². The lowest BCUT2D eigenvalue weighted by Crippen LogP contribution is -2.30. The molecule has 1 heterocycles. The van der Waals surface area contributed by atoms with Gasteiger partial charge in [0.2, 0.25) is 0 Å². The number of rotatable bonds is 5. The molecule has 0 fully saturated rings. The van der Waals surface area contributed by atoms with E-state index in [0.29, 0.717) is 0 Å². The Morgan fingerprint density at radius 2 is 2.19 bits per heavy atom. The smallest absolute Gasteiger partial charge is 0.337 e. The van der Waals surface area contributed by atoms with E-state index >= 15 is 0 Å². The number of aliphatic hydroxyl groups excluding tert-OH is 2. The molecule has 6 heteroatoms. The van der Waals surface area contributed by atoms with Crippen LogP contribution in [0.2, 0.25) is 0 Å². The highest BCUT2D eigenvalue weighted by Crippen LogP contribution is 2.14. The van der Waals surface area contributed by atoms with E-state index in [9.17, 15) is 15.0 Å². The van der Waals surface area contributed by atoms with Crippen LogP contribution in [0.3, 0.4) is 0 Å². The SMILES string of the molecule is CNCC(O)C(O)c1ccc(C(=O)O)cn1. The van der Waals surface area contributed by atoms with Gasteiger partial charge < -0.3 is 20.6 Å². The van der Waals surface area contributed by atoms with Crippen molar-refractivity contribution in [3.63, 3.8) is 0 Å². The third-order valence-electron chi connectivity index (χ3n) is 2.11. The third kappa shape index (κ3) is 2.99. The van der Waals surface area contributed by atoms with Gasteiger partial charge in [0, 0.05) is 12.7 Å². The molecular weight excluding hydrogens is 212 g/mol. The molecule has 0 bridgehead atoms. The summed E-state index contributed by atoms with van der Waals surface area (Å²) in [5.41, 5.74) is 0.284. The van der Waals surface area contributed by atoms with Crippen LogP contribution < -0.4 is 5.32 Å². The number of pyridine rings is 1. The number of nitrogens with zero attached hydrogens (tertiary/aromatic N) is 1. The average molecular weight is 226 g/mol. The standard InChI is InChI=1S/C10H14N2O4/c1-11-5-8(13)9(14)7-3-2-6(4-12-7)10(15)16/h2-4,8-9,11,13-14H,5H2,1H3,(H,15,16). The first-order chi connectivity index (χ1) is 7.56. The molecule has 0 spiro atoms. The first kappa shape index (κ1) is 12.6. The van der Waals surface area contributed by atoms with Crippen LogP contribution in [-0.4, -0.2) is 46.0 Å². The van der Waals surface area contributed by atoms with Gasteiger partial charge in [-0.05, 0) is 19.2 Å². The maximum Gasteiger partial charge on any atom is 0.337 e. The molecule has 0 radical (unpaired) electrons. The predicted molar refractivity (Wildman–Crippen MR) is 56.1 cm³/mol. The summed E-state index contributed by atoms with van der Waals surface area (Å²) in [6.45, 7) is 0.226. The quantitative estimate of drug-likeness (QED) is 0.534. The van der Waals surface area contributed by atoms with Crippen molar-refractivity contribution in [1.29, 1.82) is 0 Å². The number of carbonyl (C=O) groups is 1. The zero-order valence-electron chi connectivity index (χ0n) is 8.79. The van der Waals surface area contributed by atoms with Gasteiger partial charge in [-0.25, -0.2) is 4.79 Å². The summed E-state index contributed by atoms with van der Waals surface area (Å²) in [6, 6.07) is 2.72. The molecule has 0 aromatic carbocycles. The molecule has 2 unspecified atom stereocenters. The molecule has 0 aliphatic heterocycles. The second kappa shape index (κ2) is 5.55. The zero-order chi connectivity index (χ0) is 12.1. The van der Waals surface area contributed by atoms with Gasteiger partial charge in [-0.15, -0.1) is 0 Å². The van der Waals surface area contributed by atoms with Gasteiger partial charge in [0.1, 0.15) is 6.10 Å². The van der Waals surface area contributed by atoms with E-state index in [-0.39, 0.29) is 17.8 Å². The Hall–Kier alpha value is -1.50. The summed E-state index contributed by atoms with van der Waals surface area (Å²) in [6.07, 6.45) is -0.962. The minimum atomic E-state index is -1.13. The molecule has 88 valence electrons. The molecule has 6 nitrogen and oxygen atoms in total. The normalized spacial score (nSPS) is 14.4. The topological polar surface area (TPSA) is 103 Å². The largest absolute Gasteiger partial charge is 0.478 e. The summed E-state index contributed by atoms with van der Waals surface area (Å²) in [7, 11) is 1.65. The Morgan fingerprint density at radius 1 is 1.50 bits per heavy atom. The van der Waals surface area contributed by atoms with Crippen LogP contribution in [0.5, 0.6) is 0 Å². The van der Waals surface area contributed by atoms with Gasteiger partial charge in [0.25, 0.3) is 0 Å². The minimum absolute atomic E-state index is 0.0408. The second-order valence-electron chi connectivity index (χ2n) is 3.35. The van der Waals surface area contributed by atoms with Crippen molar-refractivity contribution in [3.05, 3.63) is 29.6 Å². The van der Waals surface area contributed by atoms with Gasteiger partial charge in [0.05, 0.1) is 17.4 Å². The molecule has 0 amide bonds. The van der Waals surface area contributed by atoms with Gasteiger partial charge in [-0.1, -0.05) is 0 Å². The lowest BCUT2D eigenvalue weighted by atomic mass is 10.1. The van der Waals surface area contributed by atoms with Crippen molar-refractivity contribution < 1.29 is 20.1 Å². The molecule has 4 N–H and O–H groups in total. The minimum Gasteiger partial charge on any atom is -0.478 e. The zero-order valence-corrected chi connectivity index (χ0v) is 8.79. The molecule has 1 aromatic rings. The Balaban J connectivity index is 2.77. The Morgan fingerprint density at radius 3 is 2.62 bits per heavy atom. The first-order valence-electron chi connectivity index (χ1n) is 4.76. The van der Waals surface area contributed by atoms with Crippen LogP contribution >= 0.6 is 0 Å². The number of aromatic nitrogens is 1. The number of likely N-dealkylation sites (N-methyl/N-ethyl adjacent to an activating group) is 1. The fraction of sp³-hybridized carbons (Fsp3) is 0.400. The molecule has 1 aromatic heterocycles. The summed E-state index contributed by atoms with van der Waals surface area (Å²) in [5.74, 6) is -1.08. The Labute approximate surface area is 92.6 Å². The molecule has 2 atom stereocenters. The lowest BCUT2D eigenvalue weighted by Gasteiger charge is -2.16. The molecule has 0 saturated carbocycles. The molecule has 0 aliphatic carbocycles. The predicted octanol–water partition coefficient (Wildman–Crippen LogP) is -0.607. The third-order valence-corrected chi connectivity index (χ3v) is 2.11. The van der Waals surface area contributed by atoms with Gasteiger partial charge in [-0.3, -0.25) is 4.98 Å². The number of hydrogen-bond donors (Lipinski definition) is 4. The van der Waals surface area contributed by atoms with Crippen molar-refractivity contribution in [1.82, 2.24) is 10.3 Å². The van der Waals surface area contributed by atoms with Crippen LogP contribution in [0.1, 0.15) is 22.2 Å². The van der Waals surface area contributed by atoms with Crippen molar-refractivity contribution in [2.24, 2.45) is 0 Å². The fourth-order valence-corrected chi connectivity index (χ4v) is 1.22. The summed E-state index contributed by atoms with van der Waals surface area (Å²) >= 11 is 0. The number of hydrogen-bond acceptors (Lipinski definition) is 5. The highest BCUT2D eigenvalue weighted by molar-refractivity contribution is 5.87. The monoisotopic (exact) mass is 226 g/mol. The number of carboxylic acids is 1. The molecular formula is C10H14N2O4. The van der Waals surface area contributed by atoms with Crippen LogP contribution in [-0.2, 0) is 0 Å². The first-order valence-corrected chi connectivity index (χ1v) is 4.76. The maximum absolute atomic E-state index is 10.6. The Bertz CT molecular complexity index is 352. The number of carboxylic acid groups (broad SMARTS) is 1. The van der Waals surface area contributed by atoms with E-state index in [2.05, 4.69) is 10.3 Å². The van der Waals surface area contributed by atoms with Crippen LogP contribution in [0.25, 0.3) is 0 Å². The van der Waals surface area contributed by atoms with E-state index in [1.807, 2.05) is 0 Å². The van der Waals surface area contributed by atoms with Gasteiger partial charge in [-0.2, -0.15) is 0 Å². The van der Waals surface area contributed by atoms with Crippen molar-refractivity contribution >= 4 is 5.97 Å². The number of aliphatic hydroxyl groups is 2. The van der Waals surface area contributed by atoms with E-state index in [1.165, 1.54) is 12.1 Å². The van der Waals surface area contributed by atoms with Crippen molar-refractivity contribution in [2.45, 2.75) is 12.2 Å². The molecule has 0 saturated heterocycles. The average Bonchev–Trinajstić information content (AvgIpc) is 2.28. The number of aromatic carboxylic acids is 1. The fourth-order valence-electron chi connectivity index (χ4n) is 1.22. The van der Waals surface area contributed by atoms with Crippen LogP contribution in [0.15, 0.2) is 18.3 Å². The summed E-state index contributed by atoms with van der Waals surface area (Å²) in [5, 5.41) is 30.5. The maximum atomic E-state index is 10.6. The van der Waals surface area contributed by atoms with E-state index < -0.39 is 18.2 Å². The van der Waals surface area contributed by atoms with Crippen molar-refractivity contribution in [2.75, 3.05) is 13.6 Å². The van der Waals surface area contributed by atoms with Crippen LogP contribution in [0, 0.1) is 0 Å².